The summed E-state index contributed by atoms with van der Waals surface area (Å²) in [4.78, 5) is 31.5. The molecular formula is C28H33F3N6O4. The van der Waals surface area contributed by atoms with Crippen LogP contribution in [0.25, 0.3) is 11.1 Å². The molecule has 3 heterocycles. The Morgan fingerprint density at radius 1 is 1.22 bits per heavy atom. The predicted molar refractivity (Wildman–Crippen MR) is 140 cm³/mol. The first kappa shape index (κ1) is 27.6. The van der Waals surface area contributed by atoms with Crippen LogP contribution in [0.5, 0.6) is 0 Å². The number of fused-ring (bicyclic) bond motifs is 1. The van der Waals surface area contributed by atoms with Crippen LogP contribution in [-0.2, 0) is 13.1 Å². The maximum atomic E-state index is 13.5. The summed E-state index contributed by atoms with van der Waals surface area (Å²) in [7, 11) is 0. The fraction of sp³-hybridized carbons (Fsp3) is 0.571. The number of halogens is 3. The zero-order valence-electron chi connectivity index (χ0n) is 22.6. The molecule has 2 saturated carbocycles. The number of amides is 3. The number of nitrogens with one attached hydrogen (secondary N) is 2. The summed E-state index contributed by atoms with van der Waals surface area (Å²) in [6.45, 7) is 1.63. The van der Waals surface area contributed by atoms with Gasteiger partial charge in [-0.3, -0.25) is 9.48 Å². The van der Waals surface area contributed by atoms with E-state index in [1.807, 2.05) is 5.32 Å². The number of aliphatic hydroxyl groups excluding tert-OH is 1. The maximum Gasteiger partial charge on any atom is 0.410 e. The quantitative estimate of drug-likeness (QED) is 0.316. The molecule has 1 aromatic carbocycles. The van der Waals surface area contributed by atoms with Gasteiger partial charge in [0.25, 0.3) is 5.91 Å². The van der Waals surface area contributed by atoms with Gasteiger partial charge in [0.2, 0.25) is 5.89 Å². The van der Waals surface area contributed by atoms with E-state index in [1.54, 1.807) is 42.1 Å². The van der Waals surface area contributed by atoms with Crippen molar-refractivity contribution < 1.29 is 32.3 Å². The van der Waals surface area contributed by atoms with Crippen molar-refractivity contribution in [2.24, 2.45) is 17.8 Å². The Morgan fingerprint density at radius 3 is 2.59 bits per heavy atom. The van der Waals surface area contributed by atoms with Crippen LogP contribution < -0.4 is 10.6 Å². The van der Waals surface area contributed by atoms with Crippen LogP contribution in [0.3, 0.4) is 0 Å². The van der Waals surface area contributed by atoms with Crippen molar-refractivity contribution >= 4 is 23.0 Å². The molecule has 2 unspecified atom stereocenters. The molecule has 3 aliphatic rings. The Labute approximate surface area is 234 Å². The van der Waals surface area contributed by atoms with Crippen LogP contribution in [0, 0.1) is 17.8 Å². The maximum absolute atomic E-state index is 13.5. The van der Waals surface area contributed by atoms with E-state index in [1.165, 1.54) is 0 Å². The van der Waals surface area contributed by atoms with E-state index in [0.29, 0.717) is 53.0 Å². The summed E-state index contributed by atoms with van der Waals surface area (Å²) in [5.41, 5.74) is 2.02. The van der Waals surface area contributed by atoms with Gasteiger partial charge in [0.05, 0.1) is 12.6 Å². The van der Waals surface area contributed by atoms with Crippen molar-refractivity contribution in [2.45, 2.75) is 76.5 Å². The van der Waals surface area contributed by atoms with Crippen molar-refractivity contribution in [3.8, 4) is 0 Å². The van der Waals surface area contributed by atoms with Gasteiger partial charge in [-0.1, -0.05) is 6.07 Å². The number of benzene rings is 1. The number of nitrogens with zero attached hydrogens (tertiary/aromatic N) is 4. The molecule has 0 bridgehead atoms. The second-order valence-electron chi connectivity index (χ2n) is 11.6. The lowest BCUT2D eigenvalue weighted by Crippen LogP contribution is -2.40. The zero-order chi connectivity index (χ0) is 28.9. The number of hydrogen-bond acceptors (Lipinski definition) is 6. The van der Waals surface area contributed by atoms with Crippen LogP contribution in [0.1, 0.15) is 67.0 Å². The van der Waals surface area contributed by atoms with Gasteiger partial charge in [0.1, 0.15) is 23.3 Å². The van der Waals surface area contributed by atoms with Crippen molar-refractivity contribution in [2.75, 3.05) is 6.54 Å². The smallest absolute Gasteiger partial charge is 0.410 e. The fourth-order valence-corrected chi connectivity index (χ4v) is 5.80. The molecule has 3 amide bonds. The number of alkyl halides is 3. The zero-order valence-corrected chi connectivity index (χ0v) is 22.6. The Bertz CT molecular complexity index is 1420. The van der Waals surface area contributed by atoms with Crippen molar-refractivity contribution in [3.63, 3.8) is 0 Å². The third kappa shape index (κ3) is 6.04. The Kier molecular flexibility index (Phi) is 7.16. The monoisotopic (exact) mass is 574 g/mol. The highest BCUT2D eigenvalue weighted by Crippen LogP contribution is 2.54. The lowest BCUT2D eigenvalue weighted by atomic mass is 9.89. The van der Waals surface area contributed by atoms with Crippen molar-refractivity contribution in [1.29, 1.82) is 0 Å². The molecule has 0 radical (unpaired) electrons. The molecule has 41 heavy (non-hydrogen) atoms. The SMILES string of the molecule is C[C@H](O)CCn1nccc1C(=O)NC(c1nc2cc(CN3CC(C(F)(F)F)NC3=O)ccc2o1)C(C1CC1)C1CC1. The van der Waals surface area contributed by atoms with Gasteiger partial charge in [0, 0.05) is 19.3 Å². The van der Waals surface area contributed by atoms with Crippen molar-refractivity contribution in [1.82, 2.24) is 30.3 Å². The van der Waals surface area contributed by atoms with Gasteiger partial charge in [-0.25, -0.2) is 9.78 Å². The molecule has 3 aromatic rings. The van der Waals surface area contributed by atoms with Gasteiger partial charge in [-0.2, -0.15) is 18.3 Å². The number of hydrogen-bond donors (Lipinski definition) is 3. The average Bonchev–Trinajstić information content (AvgIpc) is 3.80. The first-order chi connectivity index (χ1) is 19.6. The van der Waals surface area contributed by atoms with Gasteiger partial charge >= 0.3 is 12.2 Å². The highest BCUT2D eigenvalue weighted by molar-refractivity contribution is 5.92. The molecule has 2 aromatic heterocycles. The third-order valence-electron chi connectivity index (χ3n) is 8.20. The summed E-state index contributed by atoms with van der Waals surface area (Å²) < 4.78 is 47.0. The highest BCUT2D eigenvalue weighted by atomic mass is 19.4. The second kappa shape index (κ2) is 10.7. The Hall–Kier alpha value is -3.61. The summed E-state index contributed by atoms with van der Waals surface area (Å²) in [6.07, 6.45) is 1.33. The van der Waals surface area contributed by atoms with Crippen molar-refractivity contribution in [3.05, 3.63) is 47.6 Å². The normalized spacial score (nSPS) is 21.0. The van der Waals surface area contributed by atoms with Crippen LogP contribution in [0.4, 0.5) is 18.0 Å². The van der Waals surface area contributed by atoms with Crippen LogP contribution in [0.2, 0.25) is 0 Å². The van der Waals surface area contributed by atoms with Gasteiger partial charge in [0.15, 0.2) is 5.58 Å². The molecular weight excluding hydrogens is 541 g/mol. The van der Waals surface area contributed by atoms with E-state index < -0.39 is 36.9 Å². The van der Waals surface area contributed by atoms with Crippen LogP contribution in [0.15, 0.2) is 34.9 Å². The predicted octanol–water partition coefficient (Wildman–Crippen LogP) is 4.16. The van der Waals surface area contributed by atoms with E-state index in [0.717, 1.165) is 30.6 Å². The molecule has 3 N–H and O–H groups in total. The van der Waals surface area contributed by atoms with E-state index in [9.17, 15) is 27.9 Å². The number of aryl methyl sites for hydroxylation is 1. The molecule has 1 saturated heterocycles. The molecule has 3 atom stereocenters. The standard InChI is InChI=1S/C28H33F3N6O4/c1-15(38)9-11-37-20(8-10-32-37)25(39)35-24(23(17-3-4-17)18-5-6-18)26-33-19-12-16(2-7-21(19)41-26)13-36-14-22(28(29,30)31)34-27(36)40/h2,7-8,10,12,15,17-18,22-24,38H,3-6,9,11,13-14H2,1H3,(H,34,40)(H,35,39)/t15-,22?,24?/m0/s1. The lowest BCUT2D eigenvalue weighted by Gasteiger charge is -2.26. The summed E-state index contributed by atoms with van der Waals surface area (Å²) >= 11 is 0. The van der Waals surface area contributed by atoms with Gasteiger partial charge in [-0.15, -0.1) is 0 Å². The minimum atomic E-state index is -4.51. The number of urea groups is 1. The topological polar surface area (TPSA) is 126 Å². The molecule has 1 aliphatic heterocycles. The van der Waals surface area contributed by atoms with Crippen LogP contribution in [-0.4, -0.2) is 61.6 Å². The third-order valence-corrected chi connectivity index (χ3v) is 8.20. The van der Waals surface area contributed by atoms with E-state index in [2.05, 4.69) is 10.4 Å². The molecule has 13 heteroatoms. The number of aromatic nitrogens is 3. The molecule has 220 valence electrons. The Balaban J connectivity index is 1.24. The largest absolute Gasteiger partial charge is 0.438 e. The van der Waals surface area contributed by atoms with Crippen LogP contribution >= 0.6 is 0 Å². The van der Waals surface area contributed by atoms with Gasteiger partial charge < -0.3 is 25.1 Å². The molecule has 3 fully saturated rings. The summed E-state index contributed by atoms with van der Waals surface area (Å²) in [6, 6.07) is 3.64. The van der Waals surface area contributed by atoms with E-state index >= 15 is 0 Å². The minimum Gasteiger partial charge on any atom is -0.438 e. The van der Waals surface area contributed by atoms with E-state index in [-0.39, 0.29) is 18.4 Å². The first-order valence-electron chi connectivity index (χ1n) is 14.1. The molecule has 2 aliphatic carbocycles. The lowest BCUT2D eigenvalue weighted by molar-refractivity contribution is -0.149. The second-order valence-corrected chi connectivity index (χ2v) is 11.6. The molecule has 0 spiro atoms. The Morgan fingerprint density at radius 2 is 1.95 bits per heavy atom. The molecule has 6 rings (SSSR count). The average molecular weight is 575 g/mol. The molecule has 10 nitrogen and oxygen atoms in total. The number of aliphatic hydroxyl groups is 1. The summed E-state index contributed by atoms with van der Waals surface area (Å²) in [5, 5.41) is 19.1. The minimum absolute atomic E-state index is 0.0000686. The number of rotatable bonds is 11. The summed E-state index contributed by atoms with van der Waals surface area (Å²) in [5.74, 6) is 1.20. The first-order valence-corrected chi connectivity index (χ1v) is 14.1. The number of carbonyl (C=O) groups is 2. The fourth-order valence-electron chi connectivity index (χ4n) is 5.80. The van der Waals surface area contributed by atoms with Gasteiger partial charge in [-0.05, 0) is 80.5 Å². The number of carbonyl (C=O) groups excluding carboxylic acids is 2. The highest BCUT2D eigenvalue weighted by Gasteiger charge is 2.49. The number of oxazole rings is 1. The van der Waals surface area contributed by atoms with E-state index in [4.69, 9.17) is 9.40 Å².